The Morgan fingerprint density at radius 2 is 2.50 bits per heavy atom. The molecule has 0 aromatic heterocycles. The first kappa shape index (κ1) is 7.34. The summed E-state index contributed by atoms with van der Waals surface area (Å²) in [6.45, 7) is 0.465. The van der Waals surface area contributed by atoms with Gasteiger partial charge in [-0.2, -0.15) is 0 Å². The van der Waals surface area contributed by atoms with E-state index < -0.39 is 6.16 Å². The zero-order chi connectivity index (χ0) is 7.40. The molecule has 1 unspecified atom stereocenters. The van der Waals surface area contributed by atoms with E-state index in [1.807, 2.05) is 0 Å². The lowest BCUT2D eigenvalue weighted by Crippen LogP contribution is -2.09. The molecule has 0 radical (unpaired) electrons. The zero-order valence-electron chi connectivity index (χ0n) is 5.58. The number of carbonyl (C=O) groups is 1. The minimum absolute atomic E-state index is 0.133. The second-order valence-electron chi connectivity index (χ2n) is 2.17. The Hall–Kier alpha value is -0.770. The van der Waals surface area contributed by atoms with Crippen LogP contribution in [0.2, 0.25) is 0 Å². The molecule has 1 heterocycles. The first-order chi connectivity index (χ1) is 4.83. The highest BCUT2D eigenvalue weighted by Gasteiger charge is 2.23. The standard InChI is InChI=1S/C6H10O4/c7-3-1-2-5-4-9-6(8)10-5/h5,7H,1-4H2. The van der Waals surface area contributed by atoms with Crippen molar-refractivity contribution in [2.75, 3.05) is 13.2 Å². The summed E-state index contributed by atoms with van der Waals surface area (Å²) in [6.07, 6.45) is 0.603. The van der Waals surface area contributed by atoms with Gasteiger partial charge in [-0.05, 0) is 12.8 Å². The molecule has 0 bridgehead atoms. The second-order valence-corrected chi connectivity index (χ2v) is 2.17. The van der Waals surface area contributed by atoms with E-state index in [9.17, 15) is 4.79 Å². The van der Waals surface area contributed by atoms with E-state index in [4.69, 9.17) is 9.84 Å². The van der Waals surface area contributed by atoms with E-state index in [0.717, 1.165) is 0 Å². The Bertz CT molecular complexity index is 123. The molecule has 0 saturated carbocycles. The third-order valence-electron chi connectivity index (χ3n) is 1.33. The number of rotatable bonds is 3. The fourth-order valence-corrected chi connectivity index (χ4v) is 0.826. The highest BCUT2D eigenvalue weighted by atomic mass is 16.8. The summed E-state index contributed by atoms with van der Waals surface area (Å²) in [5.74, 6) is 0. The highest BCUT2D eigenvalue weighted by Crippen LogP contribution is 2.10. The molecule has 4 heteroatoms. The van der Waals surface area contributed by atoms with Gasteiger partial charge >= 0.3 is 6.16 Å². The predicted octanol–water partition coefficient (Wildman–Crippen LogP) is 0.294. The second kappa shape index (κ2) is 3.41. The van der Waals surface area contributed by atoms with Crippen molar-refractivity contribution < 1.29 is 19.4 Å². The normalized spacial score (nSPS) is 24.1. The van der Waals surface area contributed by atoms with Gasteiger partial charge in [0.1, 0.15) is 12.7 Å². The molecule has 1 N–H and O–H groups in total. The Labute approximate surface area is 58.7 Å². The molecule has 0 aliphatic carbocycles. The van der Waals surface area contributed by atoms with Gasteiger partial charge in [0.25, 0.3) is 0 Å². The summed E-state index contributed by atoms with van der Waals surface area (Å²) in [7, 11) is 0. The van der Waals surface area contributed by atoms with Crippen molar-refractivity contribution in [2.45, 2.75) is 18.9 Å². The van der Waals surface area contributed by atoms with Gasteiger partial charge in [-0.1, -0.05) is 0 Å². The molecule has 1 aliphatic rings. The summed E-state index contributed by atoms with van der Waals surface area (Å²) in [5, 5.41) is 8.41. The lowest BCUT2D eigenvalue weighted by molar-refractivity contribution is 0.113. The molecule has 0 aromatic rings. The number of ether oxygens (including phenoxy) is 2. The van der Waals surface area contributed by atoms with Crippen LogP contribution in [-0.2, 0) is 9.47 Å². The maximum atomic E-state index is 10.3. The van der Waals surface area contributed by atoms with Crippen molar-refractivity contribution in [3.63, 3.8) is 0 Å². The fraction of sp³-hybridized carbons (Fsp3) is 0.833. The number of carbonyl (C=O) groups excluding carboxylic acids is 1. The van der Waals surface area contributed by atoms with Crippen LogP contribution in [0.1, 0.15) is 12.8 Å². The van der Waals surface area contributed by atoms with Gasteiger partial charge in [0.2, 0.25) is 0 Å². The number of aliphatic hydroxyl groups excluding tert-OH is 1. The summed E-state index contributed by atoms with van der Waals surface area (Å²) < 4.78 is 9.21. The van der Waals surface area contributed by atoms with Crippen molar-refractivity contribution in [2.24, 2.45) is 0 Å². The molecule has 1 rings (SSSR count). The summed E-state index contributed by atoms with van der Waals surface area (Å²) in [4.78, 5) is 10.3. The van der Waals surface area contributed by atoms with Crippen LogP contribution in [0.4, 0.5) is 4.79 Å². The lowest BCUT2D eigenvalue weighted by Gasteiger charge is -2.02. The average Bonchev–Trinajstić information content (AvgIpc) is 2.31. The Morgan fingerprint density at radius 1 is 1.70 bits per heavy atom. The van der Waals surface area contributed by atoms with Gasteiger partial charge in [0.15, 0.2) is 0 Å². The SMILES string of the molecule is O=C1OCC(CCCO)O1. The van der Waals surface area contributed by atoms with Gasteiger partial charge < -0.3 is 14.6 Å². The minimum Gasteiger partial charge on any atom is -0.430 e. The number of aliphatic hydroxyl groups is 1. The maximum absolute atomic E-state index is 10.3. The van der Waals surface area contributed by atoms with Gasteiger partial charge in [-0.25, -0.2) is 4.79 Å². The van der Waals surface area contributed by atoms with Crippen molar-refractivity contribution in [3.8, 4) is 0 Å². The summed E-state index contributed by atoms with van der Waals surface area (Å²) in [5.41, 5.74) is 0. The molecule has 0 aromatic carbocycles. The molecular formula is C6H10O4. The topological polar surface area (TPSA) is 55.8 Å². The van der Waals surface area contributed by atoms with Crippen molar-refractivity contribution >= 4 is 6.16 Å². The van der Waals surface area contributed by atoms with Crippen LogP contribution in [0.3, 0.4) is 0 Å². The Morgan fingerprint density at radius 3 is 3.00 bits per heavy atom. The van der Waals surface area contributed by atoms with E-state index in [2.05, 4.69) is 4.74 Å². The van der Waals surface area contributed by atoms with Crippen LogP contribution in [0.5, 0.6) is 0 Å². The molecule has 1 fully saturated rings. The van der Waals surface area contributed by atoms with Gasteiger partial charge in [0.05, 0.1) is 0 Å². The summed E-state index contributed by atoms with van der Waals surface area (Å²) in [6, 6.07) is 0. The van der Waals surface area contributed by atoms with Crippen molar-refractivity contribution in [1.29, 1.82) is 0 Å². The first-order valence-electron chi connectivity index (χ1n) is 3.27. The molecule has 0 spiro atoms. The Balaban J connectivity index is 2.12. The molecule has 0 amide bonds. The molecule has 1 saturated heterocycles. The van der Waals surface area contributed by atoms with E-state index in [-0.39, 0.29) is 12.7 Å². The summed E-state index contributed by atoms with van der Waals surface area (Å²) >= 11 is 0. The monoisotopic (exact) mass is 146 g/mol. The highest BCUT2D eigenvalue weighted by molar-refractivity contribution is 5.61. The smallest absolute Gasteiger partial charge is 0.430 e. The van der Waals surface area contributed by atoms with Crippen LogP contribution in [0, 0.1) is 0 Å². The van der Waals surface area contributed by atoms with Crippen molar-refractivity contribution in [1.82, 2.24) is 0 Å². The zero-order valence-corrected chi connectivity index (χ0v) is 5.58. The van der Waals surface area contributed by atoms with E-state index in [0.29, 0.717) is 19.4 Å². The van der Waals surface area contributed by atoms with Crippen LogP contribution >= 0.6 is 0 Å². The van der Waals surface area contributed by atoms with Gasteiger partial charge in [-0.3, -0.25) is 0 Å². The number of hydrogen-bond acceptors (Lipinski definition) is 4. The van der Waals surface area contributed by atoms with Crippen LogP contribution < -0.4 is 0 Å². The maximum Gasteiger partial charge on any atom is 0.508 e. The molecule has 1 atom stereocenters. The molecule has 4 nitrogen and oxygen atoms in total. The van der Waals surface area contributed by atoms with E-state index in [1.165, 1.54) is 0 Å². The minimum atomic E-state index is -0.595. The third-order valence-corrected chi connectivity index (χ3v) is 1.33. The lowest BCUT2D eigenvalue weighted by atomic mass is 10.2. The van der Waals surface area contributed by atoms with Crippen LogP contribution in [-0.4, -0.2) is 30.6 Å². The molecule has 10 heavy (non-hydrogen) atoms. The van der Waals surface area contributed by atoms with Crippen LogP contribution in [0.25, 0.3) is 0 Å². The van der Waals surface area contributed by atoms with E-state index >= 15 is 0 Å². The third kappa shape index (κ3) is 1.88. The predicted molar refractivity (Wildman–Crippen MR) is 32.5 cm³/mol. The van der Waals surface area contributed by atoms with Gasteiger partial charge in [-0.15, -0.1) is 0 Å². The van der Waals surface area contributed by atoms with Gasteiger partial charge in [0, 0.05) is 6.61 Å². The number of hydrogen-bond donors (Lipinski definition) is 1. The quantitative estimate of drug-likeness (QED) is 0.581. The molecule has 58 valence electrons. The van der Waals surface area contributed by atoms with Crippen LogP contribution in [0.15, 0.2) is 0 Å². The van der Waals surface area contributed by atoms with Crippen molar-refractivity contribution in [3.05, 3.63) is 0 Å². The average molecular weight is 146 g/mol. The fourth-order valence-electron chi connectivity index (χ4n) is 0.826. The van der Waals surface area contributed by atoms with E-state index in [1.54, 1.807) is 0 Å². The number of cyclic esters (lactones) is 2. The first-order valence-corrected chi connectivity index (χ1v) is 3.27. The molecule has 1 aliphatic heterocycles. The largest absolute Gasteiger partial charge is 0.508 e. The Kier molecular flexibility index (Phi) is 2.50. The molecular weight excluding hydrogens is 136 g/mol.